The molecule has 23 heavy (non-hydrogen) atoms. The lowest BCUT2D eigenvalue weighted by Crippen LogP contribution is -2.58. The molecular formula is C21H38O2. The van der Waals surface area contributed by atoms with E-state index in [2.05, 4.69) is 27.7 Å². The molecule has 134 valence electrons. The normalized spacial score (nSPS) is 43.2. The maximum absolute atomic E-state index is 9.86. The van der Waals surface area contributed by atoms with Crippen molar-refractivity contribution in [3.05, 3.63) is 0 Å². The van der Waals surface area contributed by atoms with E-state index in [0.717, 1.165) is 24.7 Å². The smallest absolute Gasteiger partial charge is 0.0813 e. The molecule has 3 aliphatic carbocycles. The van der Waals surface area contributed by atoms with Crippen molar-refractivity contribution in [3.63, 3.8) is 0 Å². The minimum absolute atomic E-state index is 0.0553. The van der Waals surface area contributed by atoms with E-state index in [9.17, 15) is 5.11 Å². The maximum atomic E-state index is 9.86. The van der Waals surface area contributed by atoms with Crippen molar-refractivity contribution in [1.29, 1.82) is 0 Å². The highest BCUT2D eigenvalue weighted by Gasteiger charge is 2.61. The number of rotatable bonds is 6. The van der Waals surface area contributed by atoms with Crippen LogP contribution in [0, 0.1) is 22.7 Å². The summed E-state index contributed by atoms with van der Waals surface area (Å²) in [5, 5.41) is 9.86. The second-order valence-corrected chi connectivity index (χ2v) is 9.91. The molecule has 0 amide bonds. The van der Waals surface area contributed by atoms with Gasteiger partial charge in [-0.15, -0.1) is 0 Å². The van der Waals surface area contributed by atoms with Crippen molar-refractivity contribution in [2.24, 2.45) is 22.7 Å². The van der Waals surface area contributed by atoms with Crippen molar-refractivity contribution in [2.45, 2.75) is 104 Å². The summed E-state index contributed by atoms with van der Waals surface area (Å²) in [6.07, 6.45) is 12.7. The summed E-state index contributed by atoms with van der Waals surface area (Å²) in [4.78, 5) is 0. The molecule has 3 saturated carbocycles. The highest BCUT2D eigenvalue weighted by atomic mass is 16.5. The Morgan fingerprint density at radius 3 is 2.57 bits per heavy atom. The second kappa shape index (κ2) is 6.33. The zero-order chi connectivity index (χ0) is 16.7. The highest BCUT2D eigenvalue weighted by molar-refractivity contribution is 5.11. The summed E-state index contributed by atoms with van der Waals surface area (Å²) in [6.45, 7) is 9.84. The maximum Gasteiger partial charge on any atom is 0.0813 e. The van der Waals surface area contributed by atoms with Crippen molar-refractivity contribution in [1.82, 2.24) is 0 Å². The molecule has 1 N–H and O–H groups in total. The van der Waals surface area contributed by atoms with Gasteiger partial charge in [-0.25, -0.2) is 0 Å². The predicted octanol–water partition coefficient (Wildman–Crippen LogP) is 5.33. The molecule has 2 heteroatoms. The molecule has 3 rings (SSSR count). The summed E-state index contributed by atoms with van der Waals surface area (Å²) >= 11 is 0. The van der Waals surface area contributed by atoms with Gasteiger partial charge in [0.2, 0.25) is 0 Å². The van der Waals surface area contributed by atoms with Gasteiger partial charge in [-0.3, -0.25) is 0 Å². The van der Waals surface area contributed by atoms with E-state index in [4.69, 9.17) is 4.74 Å². The van der Waals surface area contributed by atoms with Crippen LogP contribution in [0.15, 0.2) is 0 Å². The Balaban J connectivity index is 1.83. The van der Waals surface area contributed by atoms with Crippen LogP contribution in [0.1, 0.15) is 91.9 Å². The topological polar surface area (TPSA) is 29.5 Å². The molecule has 2 nitrogen and oxygen atoms in total. The Kier molecular flexibility index (Phi) is 4.88. The first-order valence-electron chi connectivity index (χ1n) is 10.1. The number of hydrogen-bond donors (Lipinski definition) is 1. The quantitative estimate of drug-likeness (QED) is 0.716. The van der Waals surface area contributed by atoms with Gasteiger partial charge in [0, 0.05) is 0 Å². The van der Waals surface area contributed by atoms with Gasteiger partial charge in [-0.1, -0.05) is 47.0 Å². The molecule has 5 unspecified atom stereocenters. The van der Waals surface area contributed by atoms with Crippen LogP contribution in [0.3, 0.4) is 0 Å². The molecular weight excluding hydrogens is 284 g/mol. The zero-order valence-electron chi connectivity index (χ0n) is 15.9. The Bertz CT molecular complexity index is 418. The molecule has 0 radical (unpaired) electrons. The Labute approximate surface area is 143 Å². The largest absolute Gasteiger partial charge is 0.394 e. The monoisotopic (exact) mass is 322 g/mol. The predicted molar refractivity (Wildman–Crippen MR) is 95.4 cm³/mol. The lowest BCUT2D eigenvalue weighted by molar-refractivity contribution is -0.220. The second-order valence-electron chi connectivity index (χ2n) is 9.91. The third-order valence-corrected chi connectivity index (χ3v) is 7.56. The number of hydrogen-bond acceptors (Lipinski definition) is 2. The van der Waals surface area contributed by atoms with E-state index in [-0.39, 0.29) is 18.3 Å². The molecule has 0 aliphatic heterocycles. The third-order valence-electron chi connectivity index (χ3n) is 7.56. The van der Waals surface area contributed by atoms with Gasteiger partial charge in [0.05, 0.1) is 18.3 Å². The molecule has 5 atom stereocenters. The van der Waals surface area contributed by atoms with Gasteiger partial charge in [0.15, 0.2) is 0 Å². The summed E-state index contributed by atoms with van der Waals surface area (Å²) in [5.74, 6) is 1.56. The molecule has 2 bridgehead atoms. The van der Waals surface area contributed by atoms with Crippen LogP contribution in [0.4, 0.5) is 0 Å². The van der Waals surface area contributed by atoms with Gasteiger partial charge < -0.3 is 9.84 Å². The minimum atomic E-state index is 0.0553. The van der Waals surface area contributed by atoms with E-state index in [1.54, 1.807) is 0 Å². The number of unbranched alkanes of at least 4 members (excludes halogenated alkanes) is 1. The lowest BCUT2D eigenvalue weighted by Gasteiger charge is -2.60. The van der Waals surface area contributed by atoms with E-state index in [1.807, 2.05) is 0 Å². The van der Waals surface area contributed by atoms with Gasteiger partial charge in [0.25, 0.3) is 0 Å². The Hall–Kier alpha value is -0.0800. The molecule has 0 heterocycles. The van der Waals surface area contributed by atoms with Gasteiger partial charge >= 0.3 is 0 Å². The van der Waals surface area contributed by atoms with E-state index in [1.165, 1.54) is 51.4 Å². The number of aliphatic hydroxyl groups is 1. The SMILES string of the molecule is CCCCC(CO)OC12CCCC(C)(CCC3C1CC3(C)C)C2. The van der Waals surface area contributed by atoms with Gasteiger partial charge in [0.1, 0.15) is 0 Å². The average Bonchev–Trinajstić information content (AvgIpc) is 2.55. The highest BCUT2D eigenvalue weighted by Crippen LogP contribution is 2.66. The van der Waals surface area contributed by atoms with Crippen molar-refractivity contribution in [3.8, 4) is 0 Å². The fraction of sp³-hybridized carbons (Fsp3) is 1.00. The number of aliphatic hydroxyl groups excluding tert-OH is 1. The van der Waals surface area contributed by atoms with Crippen molar-refractivity contribution >= 4 is 0 Å². The molecule has 0 saturated heterocycles. The van der Waals surface area contributed by atoms with E-state index in [0.29, 0.717) is 10.8 Å². The molecule has 3 fully saturated rings. The summed E-state index contributed by atoms with van der Waals surface area (Å²) in [6, 6.07) is 0. The average molecular weight is 323 g/mol. The Morgan fingerprint density at radius 1 is 1.13 bits per heavy atom. The molecule has 0 aromatic carbocycles. The first-order chi connectivity index (χ1) is 10.8. The van der Waals surface area contributed by atoms with Crippen LogP contribution >= 0.6 is 0 Å². The number of ether oxygens (including phenoxy) is 1. The minimum Gasteiger partial charge on any atom is -0.394 e. The first-order valence-corrected chi connectivity index (χ1v) is 10.1. The number of fused-ring (bicyclic) bond motifs is 4. The standard InChI is InChI=1S/C21H38O2/c1-5-6-8-16(14-22)23-21-11-7-10-20(4,15-21)12-9-17-18(21)13-19(17,2)3/h16-18,22H,5-15H2,1-4H3. The van der Waals surface area contributed by atoms with Crippen LogP contribution in [0.2, 0.25) is 0 Å². The summed E-state index contributed by atoms with van der Waals surface area (Å²) < 4.78 is 6.82. The van der Waals surface area contributed by atoms with Crippen LogP contribution in [-0.4, -0.2) is 23.4 Å². The van der Waals surface area contributed by atoms with Crippen molar-refractivity contribution in [2.75, 3.05) is 6.61 Å². The van der Waals surface area contributed by atoms with Crippen LogP contribution in [0.25, 0.3) is 0 Å². The first kappa shape index (κ1) is 17.7. The summed E-state index contributed by atoms with van der Waals surface area (Å²) in [7, 11) is 0. The van der Waals surface area contributed by atoms with Crippen LogP contribution in [0.5, 0.6) is 0 Å². The lowest BCUT2D eigenvalue weighted by atomic mass is 9.49. The fourth-order valence-corrected chi connectivity index (χ4v) is 6.28. The zero-order valence-corrected chi connectivity index (χ0v) is 15.9. The van der Waals surface area contributed by atoms with E-state index >= 15 is 0 Å². The van der Waals surface area contributed by atoms with Gasteiger partial charge in [-0.05, 0) is 67.6 Å². The molecule has 0 spiro atoms. The fourth-order valence-electron chi connectivity index (χ4n) is 6.28. The summed E-state index contributed by atoms with van der Waals surface area (Å²) in [5.41, 5.74) is 1.02. The van der Waals surface area contributed by atoms with Crippen LogP contribution < -0.4 is 0 Å². The molecule has 3 aliphatic rings. The Morgan fingerprint density at radius 2 is 1.91 bits per heavy atom. The third kappa shape index (κ3) is 3.23. The molecule has 0 aromatic rings. The van der Waals surface area contributed by atoms with E-state index < -0.39 is 0 Å². The van der Waals surface area contributed by atoms with Crippen molar-refractivity contribution < 1.29 is 9.84 Å². The van der Waals surface area contributed by atoms with Crippen LogP contribution in [-0.2, 0) is 4.74 Å². The van der Waals surface area contributed by atoms with Gasteiger partial charge in [-0.2, -0.15) is 0 Å². The molecule has 0 aromatic heterocycles.